The fourth-order valence-corrected chi connectivity index (χ4v) is 3.25. The molecule has 1 amide bonds. The zero-order chi connectivity index (χ0) is 19.6. The van der Waals surface area contributed by atoms with Crippen LogP contribution in [0.3, 0.4) is 0 Å². The summed E-state index contributed by atoms with van der Waals surface area (Å²) in [6.45, 7) is 18.5. The molecule has 4 nitrogen and oxygen atoms in total. The van der Waals surface area contributed by atoms with Crippen LogP contribution in [0, 0.1) is 11.3 Å². The number of hydrogen-bond acceptors (Lipinski definition) is 4. The average Bonchev–Trinajstić information content (AvgIpc) is 2.35. The van der Waals surface area contributed by atoms with Crippen LogP contribution in [-0.4, -0.2) is 34.8 Å². The molecule has 24 heavy (non-hydrogen) atoms. The summed E-state index contributed by atoms with van der Waals surface area (Å²) < 4.78 is -0.321. The van der Waals surface area contributed by atoms with E-state index in [9.17, 15) is 4.79 Å². The van der Waals surface area contributed by atoms with E-state index in [2.05, 4.69) is 38.3 Å². The molecule has 144 valence electrons. The Morgan fingerprint density at radius 2 is 1.54 bits per heavy atom. The lowest BCUT2D eigenvalue weighted by molar-refractivity contribution is -0.131. The molecule has 0 radical (unpaired) electrons. The van der Waals surface area contributed by atoms with Crippen molar-refractivity contribution in [2.45, 2.75) is 97.0 Å². The van der Waals surface area contributed by atoms with Gasteiger partial charge in [-0.25, -0.2) is 0 Å². The Kier molecular flexibility index (Phi) is 7.88. The second kappa shape index (κ2) is 7.96. The van der Waals surface area contributed by atoms with E-state index in [4.69, 9.17) is 18.4 Å². The topological polar surface area (TPSA) is 67.2 Å². The monoisotopic (exact) mass is 359 g/mol. The van der Waals surface area contributed by atoms with Crippen LogP contribution in [0.4, 0.5) is 0 Å². The predicted octanol–water partition coefficient (Wildman–Crippen LogP) is 3.36. The van der Waals surface area contributed by atoms with Gasteiger partial charge in [0.2, 0.25) is 5.91 Å². The predicted molar refractivity (Wildman–Crippen MR) is 109 cm³/mol. The van der Waals surface area contributed by atoms with Gasteiger partial charge in [0.25, 0.3) is 0 Å². The second-order valence-electron chi connectivity index (χ2n) is 9.54. The summed E-state index contributed by atoms with van der Waals surface area (Å²) in [5, 5.41) is 6.47. The molecule has 0 spiro atoms. The van der Waals surface area contributed by atoms with Gasteiger partial charge in [-0.05, 0) is 67.3 Å². The molecule has 0 aromatic carbocycles. The summed E-state index contributed by atoms with van der Waals surface area (Å²) in [6.07, 6.45) is 1.54. The summed E-state index contributed by atoms with van der Waals surface area (Å²) in [6, 6.07) is 0.0954. The minimum absolute atomic E-state index is 0.0733. The first-order valence-electron chi connectivity index (χ1n) is 8.97. The van der Waals surface area contributed by atoms with Gasteiger partial charge in [0.1, 0.15) is 0 Å². The molecule has 0 aliphatic carbocycles. The van der Waals surface area contributed by atoms with Crippen LogP contribution < -0.4 is 16.4 Å². The van der Waals surface area contributed by atoms with Gasteiger partial charge in [-0.3, -0.25) is 4.79 Å². The number of nitrogens with one attached hydrogen (secondary N) is 2. The van der Waals surface area contributed by atoms with E-state index in [1.165, 1.54) is 0 Å². The van der Waals surface area contributed by atoms with E-state index >= 15 is 0 Å². The summed E-state index contributed by atoms with van der Waals surface area (Å²) in [5.74, 6) is 0.401. The Morgan fingerprint density at radius 3 is 1.92 bits per heavy atom. The summed E-state index contributed by atoms with van der Waals surface area (Å²) >= 11 is 4.86. The SMILES string of the molecule is CNC(C)(C)C(C)(S)CC(C)(C)C(=O)NC(C)CC(C)C(C)(C)N. The fourth-order valence-electron chi connectivity index (χ4n) is 2.74. The van der Waals surface area contributed by atoms with Gasteiger partial charge in [-0.2, -0.15) is 12.6 Å². The van der Waals surface area contributed by atoms with Crippen LogP contribution >= 0.6 is 12.6 Å². The van der Waals surface area contributed by atoms with E-state index in [1.807, 2.05) is 41.7 Å². The summed E-state index contributed by atoms with van der Waals surface area (Å²) in [7, 11) is 1.93. The summed E-state index contributed by atoms with van der Waals surface area (Å²) in [5.41, 5.74) is 5.24. The van der Waals surface area contributed by atoms with Crippen molar-refractivity contribution >= 4 is 18.5 Å². The zero-order valence-electron chi connectivity index (χ0n) is 17.5. The summed E-state index contributed by atoms with van der Waals surface area (Å²) in [4.78, 5) is 12.8. The molecular weight excluding hydrogens is 318 g/mol. The molecule has 0 aliphatic heterocycles. The maximum Gasteiger partial charge on any atom is 0.225 e. The lowest BCUT2D eigenvalue weighted by atomic mass is 9.74. The number of carbonyl (C=O) groups excluding carboxylic acids is 1. The Balaban J connectivity index is 4.91. The lowest BCUT2D eigenvalue weighted by Gasteiger charge is -2.44. The third kappa shape index (κ3) is 6.57. The largest absolute Gasteiger partial charge is 0.353 e. The molecule has 3 atom stereocenters. The molecule has 0 heterocycles. The number of nitrogens with two attached hydrogens (primary N) is 1. The standard InChI is InChI=1S/C19H41N3OS/c1-13(17(5,6)20)11-14(2)22-15(23)16(3,4)12-19(9,24)18(7,8)21-10/h13-14,21,24H,11-12,20H2,1-10H3,(H,22,23). The van der Waals surface area contributed by atoms with Crippen molar-refractivity contribution in [3.8, 4) is 0 Å². The second-order valence-corrected chi connectivity index (χ2v) is 10.5. The van der Waals surface area contributed by atoms with E-state index < -0.39 is 5.41 Å². The van der Waals surface area contributed by atoms with Gasteiger partial charge in [0.05, 0.1) is 0 Å². The van der Waals surface area contributed by atoms with Gasteiger partial charge >= 0.3 is 0 Å². The van der Waals surface area contributed by atoms with Crippen molar-refractivity contribution in [3.05, 3.63) is 0 Å². The van der Waals surface area contributed by atoms with E-state index in [0.29, 0.717) is 12.3 Å². The number of thiol groups is 1. The van der Waals surface area contributed by atoms with Gasteiger partial charge in [-0.1, -0.05) is 20.8 Å². The van der Waals surface area contributed by atoms with Crippen molar-refractivity contribution in [2.75, 3.05) is 7.05 Å². The van der Waals surface area contributed by atoms with E-state index in [0.717, 1.165) is 6.42 Å². The van der Waals surface area contributed by atoms with Crippen LogP contribution in [0.25, 0.3) is 0 Å². The molecule has 0 bridgehead atoms. The molecule has 3 unspecified atom stereocenters. The third-order valence-electron chi connectivity index (χ3n) is 5.73. The highest BCUT2D eigenvalue weighted by Crippen LogP contribution is 2.39. The molecule has 0 aromatic heterocycles. The normalized spacial score (nSPS) is 18.7. The lowest BCUT2D eigenvalue weighted by Crippen LogP contribution is -2.56. The molecule has 0 rings (SSSR count). The Bertz CT molecular complexity index is 425. The van der Waals surface area contributed by atoms with Crippen LogP contribution in [0.15, 0.2) is 0 Å². The van der Waals surface area contributed by atoms with Gasteiger partial charge in [0.15, 0.2) is 0 Å². The highest BCUT2D eigenvalue weighted by Gasteiger charge is 2.43. The van der Waals surface area contributed by atoms with Crippen molar-refractivity contribution < 1.29 is 4.79 Å². The first-order valence-corrected chi connectivity index (χ1v) is 9.42. The number of hydrogen-bond donors (Lipinski definition) is 4. The molecule has 0 saturated heterocycles. The molecular formula is C19H41N3OS. The Labute approximate surface area is 155 Å². The van der Waals surface area contributed by atoms with Gasteiger partial charge in [0, 0.05) is 27.3 Å². The van der Waals surface area contributed by atoms with Crippen molar-refractivity contribution in [1.82, 2.24) is 10.6 Å². The van der Waals surface area contributed by atoms with Gasteiger partial charge < -0.3 is 16.4 Å². The van der Waals surface area contributed by atoms with Crippen LogP contribution in [0.1, 0.15) is 75.2 Å². The average molecular weight is 360 g/mol. The Hall–Kier alpha value is -0.260. The minimum Gasteiger partial charge on any atom is -0.353 e. The molecule has 0 aliphatic rings. The highest BCUT2D eigenvalue weighted by atomic mass is 32.1. The molecule has 0 aromatic rings. The number of rotatable bonds is 9. The third-order valence-corrected chi connectivity index (χ3v) is 6.44. The van der Waals surface area contributed by atoms with Crippen molar-refractivity contribution in [1.29, 1.82) is 0 Å². The Morgan fingerprint density at radius 1 is 1.08 bits per heavy atom. The van der Waals surface area contributed by atoms with Crippen molar-refractivity contribution in [3.63, 3.8) is 0 Å². The quantitative estimate of drug-likeness (QED) is 0.477. The van der Waals surface area contributed by atoms with E-state index in [-0.39, 0.29) is 27.8 Å². The molecule has 0 saturated carbocycles. The maximum atomic E-state index is 12.8. The van der Waals surface area contributed by atoms with Gasteiger partial charge in [-0.15, -0.1) is 0 Å². The maximum absolute atomic E-state index is 12.8. The minimum atomic E-state index is -0.500. The number of carbonyl (C=O) groups is 1. The molecule has 5 heteroatoms. The molecule has 0 fully saturated rings. The first-order chi connectivity index (χ1) is 10.5. The number of amides is 1. The van der Waals surface area contributed by atoms with Crippen LogP contribution in [0.2, 0.25) is 0 Å². The fraction of sp³-hybridized carbons (Fsp3) is 0.947. The first kappa shape index (κ1) is 23.7. The smallest absolute Gasteiger partial charge is 0.225 e. The van der Waals surface area contributed by atoms with E-state index in [1.54, 1.807) is 0 Å². The van der Waals surface area contributed by atoms with Crippen molar-refractivity contribution in [2.24, 2.45) is 17.1 Å². The van der Waals surface area contributed by atoms with Crippen LogP contribution in [-0.2, 0) is 4.79 Å². The highest BCUT2D eigenvalue weighted by molar-refractivity contribution is 7.81. The molecule has 4 N–H and O–H groups in total. The van der Waals surface area contributed by atoms with Crippen LogP contribution in [0.5, 0.6) is 0 Å². The zero-order valence-corrected chi connectivity index (χ0v) is 18.4.